The van der Waals surface area contributed by atoms with Gasteiger partial charge >= 0.3 is 26.8 Å². The van der Waals surface area contributed by atoms with Gasteiger partial charge in [0, 0.05) is 11.3 Å². The second-order valence-electron chi connectivity index (χ2n) is 15.8. The molecule has 5 rings (SSSR count). The molecule has 0 saturated heterocycles. The van der Waals surface area contributed by atoms with Crippen LogP contribution in [0.3, 0.4) is 0 Å². The van der Waals surface area contributed by atoms with Crippen LogP contribution in [0.15, 0.2) is 11.6 Å². The first-order valence-corrected chi connectivity index (χ1v) is 18.2. The van der Waals surface area contributed by atoms with Crippen molar-refractivity contribution in [3.63, 3.8) is 0 Å². The topological polar surface area (TPSA) is 205 Å². The summed E-state index contributed by atoms with van der Waals surface area (Å²) in [5.74, 6) is -2.12. The van der Waals surface area contributed by atoms with Crippen molar-refractivity contribution >= 4 is 26.8 Å². The van der Waals surface area contributed by atoms with Crippen molar-refractivity contribution in [2.45, 2.75) is 111 Å². The molecule has 5 N–H and O–H groups in total. The molecule has 0 amide bonds. The molecule has 0 aromatic carbocycles. The molecule has 5 aliphatic rings. The molecule has 0 aliphatic heterocycles. The van der Waals surface area contributed by atoms with Crippen LogP contribution in [0.5, 0.6) is 0 Å². The van der Waals surface area contributed by atoms with Crippen LogP contribution in [0.4, 0.5) is 0 Å². The third-order valence-electron chi connectivity index (χ3n) is 13.9. The van der Waals surface area contributed by atoms with Crippen LogP contribution in [-0.4, -0.2) is 71.6 Å². The normalized spacial score (nSPS) is 50.8. The van der Waals surface area contributed by atoms with Crippen molar-refractivity contribution < 1.29 is 54.4 Å². The summed E-state index contributed by atoms with van der Waals surface area (Å²) in [6.07, 6.45) is 2.92. The fourth-order valence-electron chi connectivity index (χ4n) is 11.5. The molecule has 12 atom stereocenters. The van der Waals surface area contributed by atoms with Gasteiger partial charge in [-0.15, -0.1) is 0 Å². The van der Waals surface area contributed by atoms with Gasteiger partial charge in [0.2, 0.25) is 0 Å². The lowest BCUT2D eigenvalue weighted by Gasteiger charge is -2.72. The fraction of sp³-hybridized carbons (Fsp3) is 0.900. The SMILES string of the molecule is CC1CCC2(C(=O)O)CCC3(C)C(=CCC4C5(C)CC(O)C(OS(=O)(=O)O)C(C)(COS(=O)(=O)O)C5CCC43C)C2C1(C)O. The first kappa shape index (κ1) is 34.2. The molecule has 4 fully saturated rings. The number of aliphatic carboxylic acids is 1. The van der Waals surface area contributed by atoms with Crippen LogP contribution in [0.2, 0.25) is 0 Å². The lowest BCUT2D eigenvalue weighted by Crippen LogP contribution is -2.70. The fourth-order valence-corrected chi connectivity index (χ4v) is 12.5. The Bertz CT molecular complexity index is 1460. The number of hydrogen-bond acceptors (Lipinski definition) is 9. The van der Waals surface area contributed by atoms with E-state index in [0.29, 0.717) is 44.9 Å². The molecule has 0 aromatic heterocycles. The Hall–Kier alpha value is -1.13. The number of aliphatic hydroxyl groups is 2. The average molecular weight is 665 g/mol. The Labute approximate surface area is 260 Å². The minimum Gasteiger partial charge on any atom is -0.481 e. The maximum atomic E-state index is 12.9. The number of carboxylic acids is 1. The predicted octanol–water partition coefficient (Wildman–Crippen LogP) is 3.80. The number of allylic oxidation sites excluding steroid dienone is 1. The van der Waals surface area contributed by atoms with E-state index in [1.165, 1.54) is 0 Å². The first-order valence-electron chi connectivity index (χ1n) is 15.5. The van der Waals surface area contributed by atoms with Gasteiger partial charge in [0.15, 0.2) is 0 Å². The maximum absolute atomic E-state index is 12.9. The number of fused-ring (bicyclic) bond motifs is 7. The molecule has 0 radical (unpaired) electrons. The van der Waals surface area contributed by atoms with E-state index in [-0.39, 0.29) is 18.3 Å². The molecular weight excluding hydrogens is 616 g/mol. The molecule has 0 spiro atoms. The van der Waals surface area contributed by atoms with E-state index >= 15 is 0 Å². The number of carbonyl (C=O) groups is 1. The Kier molecular flexibility index (Phi) is 7.92. The molecule has 4 saturated carbocycles. The molecular formula is C30H48O12S2. The second kappa shape index (κ2) is 10.2. The average Bonchev–Trinajstić information content (AvgIpc) is 2.87. The summed E-state index contributed by atoms with van der Waals surface area (Å²) in [5.41, 5.74) is -4.42. The minimum absolute atomic E-state index is 0.0933. The zero-order valence-electron chi connectivity index (χ0n) is 26.3. The molecule has 12 unspecified atom stereocenters. The minimum atomic E-state index is -5.05. The standard InChI is InChI=1S/C30H48O12S2/c1-17-9-12-30(24(32)33)14-13-27(4)18(22(30)29(17,6)34)7-8-21-25(2)15-19(31)23(42-44(38,39)40)26(3,16-41-43(35,36)37)20(25)10-11-28(21,27)5/h7,17,19-23,31,34H,8-16H2,1-6H3,(H,32,33)(H,35,36,37)(H,38,39,40). The van der Waals surface area contributed by atoms with Gasteiger partial charge in [-0.05, 0) is 92.3 Å². The van der Waals surface area contributed by atoms with Crippen LogP contribution >= 0.6 is 0 Å². The van der Waals surface area contributed by atoms with Crippen molar-refractivity contribution in [1.29, 1.82) is 0 Å². The van der Waals surface area contributed by atoms with Gasteiger partial charge in [-0.2, -0.15) is 16.8 Å². The Balaban J connectivity index is 1.63. The van der Waals surface area contributed by atoms with Crippen LogP contribution in [0, 0.1) is 50.7 Å². The van der Waals surface area contributed by atoms with E-state index in [0.717, 1.165) is 5.57 Å². The molecule has 44 heavy (non-hydrogen) atoms. The van der Waals surface area contributed by atoms with E-state index in [1.54, 1.807) is 13.8 Å². The van der Waals surface area contributed by atoms with Crippen molar-refractivity contribution in [2.75, 3.05) is 6.61 Å². The Morgan fingerprint density at radius 1 is 0.955 bits per heavy atom. The summed E-state index contributed by atoms with van der Waals surface area (Å²) < 4.78 is 75.9. The summed E-state index contributed by atoms with van der Waals surface area (Å²) in [6, 6.07) is 0. The molecule has 5 aliphatic carbocycles. The van der Waals surface area contributed by atoms with Gasteiger partial charge in [0.1, 0.15) is 6.10 Å². The second-order valence-corrected chi connectivity index (χ2v) is 17.9. The highest BCUT2D eigenvalue weighted by Crippen LogP contribution is 2.76. The lowest BCUT2D eigenvalue weighted by molar-refractivity contribution is -0.241. The summed E-state index contributed by atoms with van der Waals surface area (Å²) >= 11 is 0. The van der Waals surface area contributed by atoms with Crippen molar-refractivity contribution in [1.82, 2.24) is 0 Å². The Morgan fingerprint density at radius 2 is 1.59 bits per heavy atom. The predicted molar refractivity (Wildman–Crippen MR) is 158 cm³/mol. The molecule has 252 valence electrons. The van der Waals surface area contributed by atoms with Crippen LogP contribution in [0.25, 0.3) is 0 Å². The zero-order chi connectivity index (χ0) is 33.1. The highest BCUT2D eigenvalue weighted by atomic mass is 32.3. The van der Waals surface area contributed by atoms with Gasteiger partial charge in [-0.3, -0.25) is 13.9 Å². The Morgan fingerprint density at radius 3 is 2.16 bits per heavy atom. The highest BCUT2D eigenvalue weighted by Gasteiger charge is 2.72. The number of carboxylic acid groups (broad SMARTS) is 1. The van der Waals surface area contributed by atoms with E-state index in [4.69, 9.17) is 8.37 Å². The monoisotopic (exact) mass is 664 g/mol. The lowest BCUT2D eigenvalue weighted by atomic mass is 9.33. The molecule has 14 heteroatoms. The third kappa shape index (κ3) is 4.76. The van der Waals surface area contributed by atoms with Gasteiger partial charge in [-0.25, -0.2) is 8.37 Å². The summed E-state index contributed by atoms with van der Waals surface area (Å²) in [5, 5.41) is 34.0. The third-order valence-corrected chi connectivity index (χ3v) is 14.8. The van der Waals surface area contributed by atoms with E-state index in [2.05, 4.69) is 19.9 Å². The smallest absolute Gasteiger partial charge is 0.397 e. The van der Waals surface area contributed by atoms with Gasteiger partial charge < -0.3 is 15.3 Å². The molecule has 12 nitrogen and oxygen atoms in total. The quantitative estimate of drug-likeness (QED) is 0.203. The highest BCUT2D eigenvalue weighted by molar-refractivity contribution is 7.81. The van der Waals surface area contributed by atoms with Crippen molar-refractivity contribution in [3.05, 3.63) is 11.6 Å². The molecule has 0 bridgehead atoms. The molecule has 0 aromatic rings. The zero-order valence-corrected chi connectivity index (χ0v) is 27.9. The van der Waals surface area contributed by atoms with E-state index < -0.39 is 90.1 Å². The summed E-state index contributed by atoms with van der Waals surface area (Å²) in [4.78, 5) is 12.9. The number of hydrogen-bond donors (Lipinski definition) is 5. The van der Waals surface area contributed by atoms with Gasteiger partial charge in [-0.1, -0.05) is 46.3 Å². The molecule has 0 heterocycles. The van der Waals surface area contributed by atoms with E-state index in [9.17, 15) is 46.1 Å². The largest absolute Gasteiger partial charge is 0.481 e. The van der Waals surface area contributed by atoms with Crippen molar-refractivity contribution in [3.8, 4) is 0 Å². The summed E-state index contributed by atoms with van der Waals surface area (Å²) in [6.45, 7) is 11.0. The number of rotatable bonds is 6. The maximum Gasteiger partial charge on any atom is 0.397 e. The van der Waals surface area contributed by atoms with E-state index in [1.807, 2.05) is 13.8 Å². The first-order chi connectivity index (χ1) is 19.9. The van der Waals surface area contributed by atoms with Gasteiger partial charge in [0.05, 0.1) is 23.7 Å². The van der Waals surface area contributed by atoms with Crippen LogP contribution < -0.4 is 0 Å². The van der Waals surface area contributed by atoms with Crippen LogP contribution in [0.1, 0.15) is 92.9 Å². The van der Waals surface area contributed by atoms with Gasteiger partial charge in [0.25, 0.3) is 0 Å². The number of aliphatic hydroxyl groups excluding tert-OH is 1. The van der Waals surface area contributed by atoms with Crippen molar-refractivity contribution in [2.24, 2.45) is 50.7 Å². The van der Waals surface area contributed by atoms with Crippen LogP contribution in [-0.2, 0) is 34.0 Å². The summed E-state index contributed by atoms with van der Waals surface area (Å²) in [7, 11) is -9.98.